The zero-order valence-corrected chi connectivity index (χ0v) is 11.4. The summed E-state index contributed by atoms with van der Waals surface area (Å²) in [5.74, 6) is 0.131. The van der Waals surface area contributed by atoms with Gasteiger partial charge < -0.3 is 14.5 Å². The Kier molecular flexibility index (Phi) is 3.84. The number of nitrogens with one attached hydrogen (secondary N) is 1. The van der Waals surface area contributed by atoms with E-state index in [0.29, 0.717) is 22.7 Å². The third kappa shape index (κ3) is 2.54. The van der Waals surface area contributed by atoms with E-state index in [0.717, 1.165) is 0 Å². The number of hydrogen-bond donors (Lipinski definition) is 1. The van der Waals surface area contributed by atoms with Crippen LogP contribution in [0.15, 0.2) is 29.1 Å². The van der Waals surface area contributed by atoms with Gasteiger partial charge in [0.2, 0.25) is 0 Å². The summed E-state index contributed by atoms with van der Waals surface area (Å²) in [5.41, 5.74) is 1.09. The van der Waals surface area contributed by atoms with E-state index < -0.39 is 11.7 Å². The molecule has 104 valence electrons. The molecule has 1 aromatic heterocycles. The highest BCUT2D eigenvalue weighted by Crippen LogP contribution is 2.24. The Labute approximate surface area is 115 Å². The van der Waals surface area contributed by atoms with Crippen LogP contribution in [0.4, 0.5) is 0 Å². The maximum atomic E-state index is 11.9. The number of aromatic nitrogens is 2. The van der Waals surface area contributed by atoms with Crippen molar-refractivity contribution in [2.24, 2.45) is 0 Å². The van der Waals surface area contributed by atoms with Crippen LogP contribution in [0.25, 0.3) is 11.3 Å². The van der Waals surface area contributed by atoms with E-state index in [1.807, 2.05) is 0 Å². The lowest BCUT2D eigenvalue weighted by Crippen LogP contribution is -2.19. The number of carbonyl (C=O) groups is 1. The van der Waals surface area contributed by atoms with Crippen LogP contribution < -0.4 is 10.4 Å². The van der Waals surface area contributed by atoms with Gasteiger partial charge in [-0.3, -0.25) is 0 Å². The second kappa shape index (κ2) is 5.56. The van der Waals surface area contributed by atoms with Gasteiger partial charge in [-0.1, -0.05) is 0 Å². The van der Waals surface area contributed by atoms with Gasteiger partial charge in [-0.2, -0.15) is 4.98 Å². The molecular formula is C14H14N2O4. The van der Waals surface area contributed by atoms with Crippen molar-refractivity contribution >= 4 is 5.97 Å². The molecule has 1 N–H and O–H groups in total. The van der Waals surface area contributed by atoms with E-state index in [1.54, 1.807) is 38.3 Å². The maximum absolute atomic E-state index is 11.9. The highest BCUT2D eigenvalue weighted by Gasteiger charge is 2.19. The standard InChI is InChI=1S/C14H14N2O4/c1-8-11(13(17)20-3)12(16-14(18)15-8)9-4-6-10(19-2)7-5-9/h4-7H,1-3H3,(H,15,16,18). The van der Waals surface area contributed by atoms with Crippen LogP contribution in [0, 0.1) is 6.92 Å². The Bertz CT molecular complexity index is 689. The highest BCUT2D eigenvalue weighted by molar-refractivity contribution is 5.97. The average Bonchev–Trinajstić information content (AvgIpc) is 2.46. The zero-order chi connectivity index (χ0) is 14.7. The summed E-state index contributed by atoms with van der Waals surface area (Å²) in [6.45, 7) is 1.63. The normalized spacial score (nSPS) is 10.2. The number of esters is 1. The Morgan fingerprint density at radius 3 is 2.40 bits per heavy atom. The van der Waals surface area contributed by atoms with E-state index in [1.165, 1.54) is 7.11 Å². The smallest absolute Gasteiger partial charge is 0.345 e. The summed E-state index contributed by atoms with van der Waals surface area (Å²) in [4.78, 5) is 29.8. The number of aryl methyl sites for hydroxylation is 1. The van der Waals surface area contributed by atoms with Crippen LogP contribution in [0.2, 0.25) is 0 Å². The van der Waals surface area contributed by atoms with Crippen molar-refractivity contribution in [1.29, 1.82) is 0 Å². The molecule has 0 aliphatic heterocycles. The van der Waals surface area contributed by atoms with Gasteiger partial charge in [0.1, 0.15) is 11.3 Å². The number of H-pyrrole nitrogens is 1. The minimum Gasteiger partial charge on any atom is -0.497 e. The molecule has 0 saturated carbocycles. The molecule has 2 rings (SSSR count). The minimum atomic E-state index is -0.544. The van der Waals surface area contributed by atoms with Gasteiger partial charge in [0, 0.05) is 11.3 Å². The summed E-state index contributed by atoms with van der Waals surface area (Å²) in [6.07, 6.45) is 0. The number of carbonyl (C=O) groups excluding carboxylic acids is 1. The van der Waals surface area contributed by atoms with E-state index in [-0.39, 0.29) is 5.56 Å². The predicted molar refractivity (Wildman–Crippen MR) is 72.9 cm³/mol. The van der Waals surface area contributed by atoms with Crippen molar-refractivity contribution < 1.29 is 14.3 Å². The van der Waals surface area contributed by atoms with Gasteiger partial charge in [0.25, 0.3) is 0 Å². The van der Waals surface area contributed by atoms with E-state index >= 15 is 0 Å². The fourth-order valence-electron chi connectivity index (χ4n) is 1.90. The number of hydrogen-bond acceptors (Lipinski definition) is 5. The number of nitrogens with zero attached hydrogens (tertiary/aromatic N) is 1. The van der Waals surface area contributed by atoms with E-state index in [4.69, 9.17) is 9.47 Å². The van der Waals surface area contributed by atoms with Crippen molar-refractivity contribution in [1.82, 2.24) is 9.97 Å². The quantitative estimate of drug-likeness (QED) is 0.859. The lowest BCUT2D eigenvalue weighted by atomic mass is 10.0. The van der Waals surface area contributed by atoms with E-state index in [9.17, 15) is 9.59 Å². The predicted octanol–water partition coefficient (Wildman–Crippen LogP) is 1.54. The van der Waals surface area contributed by atoms with Gasteiger partial charge in [0.15, 0.2) is 0 Å². The number of rotatable bonds is 3. The van der Waals surface area contributed by atoms with Crippen LogP contribution >= 0.6 is 0 Å². The number of ether oxygens (including phenoxy) is 2. The fraction of sp³-hybridized carbons (Fsp3) is 0.214. The molecule has 1 heterocycles. The molecule has 0 aliphatic rings. The molecule has 0 aliphatic carbocycles. The summed E-state index contributed by atoms with van der Waals surface area (Å²) >= 11 is 0. The number of methoxy groups -OCH3 is 2. The van der Waals surface area contributed by atoms with Gasteiger partial charge in [-0.25, -0.2) is 9.59 Å². The molecule has 0 saturated heterocycles. The molecule has 2 aromatic rings. The zero-order valence-electron chi connectivity index (χ0n) is 11.4. The van der Waals surface area contributed by atoms with Crippen molar-refractivity contribution in [3.8, 4) is 17.0 Å². The molecule has 0 bridgehead atoms. The summed E-state index contributed by atoms with van der Waals surface area (Å²) in [7, 11) is 2.84. The second-order valence-corrected chi connectivity index (χ2v) is 4.11. The topological polar surface area (TPSA) is 81.3 Å². The summed E-state index contributed by atoms with van der Waals surface area (Å²) < 4.78 is 9.81. The lowest BCUT2D eigenvalue weighted by Gasteiger charge is -2.09. The van der Waals surface area contributed by atoms with Gasteiger partial charge >= 0.3 is 11.7 Å². The Hall–Kier alpha value is -2.63. The third-order valence-corrected chi connectivity index (χ3v) is 2.87. The third-order valence-electron chi connectivity index (χ3n) is 2.87. The van der Waals surface area contributed by atoms with E-state index in [2.05, 4.69) is 9.97 Å². The largest absolute Gasteiger partial charge is 0.497 e. The molecule has 0 radical (unpaired) electrons. The van der Waals surface area contributed by atoms with Crippen LogP contribution in [0.1, 0.15) is 16.1 Å². The Balaban J connectivity index is 2.64. The Morgan fingerprint density at radius 1 is 1.20 bits per heavy atom. The van der Waals surface area contributed by atoms with Crippen LogP contribution in [-0.2, 0) is 4.74 Å². The van der Waals surface area contributed by atoms with Crippen molar-refractivity contribution in [3.05, 3.63) is 46.0 Å². The summed E-state index contributed by atoms with van der Waals surface area (Å²) in [5, 5.41) is 0. The molecule has 0 unspecified atom stereocenters. The SMILES string of the molecule is COC(=O)c1c(-c2ccc(OC)cc2)nc(=O)[nH]c1C. The van der Waals surface area contributed by atoms with Crippen molar-refractivity contribution in [3.63, 3.8) is 0 Å². The van der Waals surface area contributed by atoms with Crippen LogP contribution in [0.3, 0.4) is 0 Å². The molecule has 0 amide bonds. The fourth-order valence-corrected chi connectivity index (χ4v) is 1.90. The second-order valence-electron chi connectivity index (χ2n) is 4.11. The minimum absolute atomic E-state index is 0.247. The summed E-state index contributed by atoms with van der Waals surface area (Å²) in [6, 6.07) is 6.92. The monoisotopic (exact) mass is 274 g/mol. The number of aromatic amines is 1. The first kappa shape index (κ1) is 13.8. The Morgan fingerprint density at radius 2 is 1.85 bits per heavy atom. The number of benzene rings is 1. The molecule has 0 atom stereocenters. The van der Waals surface area contributed by atoms with Gasteiger partial charge in [-0.15, -0.1) is 0 Å². The molecule has 0 spiro atoms. The van der Waals surface area contributed by atoms with Gasteiger partial charge in [-0.05, 0) is 31.2 Å². The highest BCUT2D eigenvalue weighted by atomic mass is 16.5. The molecule has 20 heavy (non-hydrogen) atoms. The lowest BCUT2D eigenvalue weighted by molar-refractivity contribution is 0.0599. The molecular weight excluding hydrogens is 260 g/mol. The molecule has 6 heteroatoms. The van der Waals surface area contributed by atoms with Crippen molar-refractivity contribution in [2.75, 3.05) is 14.2 Å². The molecule has 6 nitrogen and oxygen atoms in total. The van der Waals surface area contributed by atoms with Crippen LogP contribution in [0.5, 0.6) is 5.75 Å². The first-order valence-electron chi connectivity index (χ1n) is 5.90. The molecule has 0 fully saturated rings. The average molecular weight is 274 g/mol. The van der Waals surface area contributed by atoms with Gasteiger partial charge in [0.05, 0.1) is 19.9 Å². The van der Waals surface area contributed by atoms with Crippen molar-refractivity contribution in [2.45, 2.75) is 6.92 Å². The first-order chi connectivity index (χ1) is 9.56. The first-order valence-corrected chi connectivity index (χ1v) is 5.90. The van der Waals surface area contributed by atoms with Crippen LogP contribution in [-0.4, -0.2) is 30.2 Å². The maximum Gasteiger partial charge on any atom is 0.345 e. The molecule has 1 aromatic carbocycles.